The fourth-order valence-corrected chi connectivity index (χ4v) is 2.76. The Morgan fingerprint density at radius 3 is 2.90 bits per heavy atom. The summed E-state index contributed by atoms with van der Waals surface area (Å²) in [6.07, 6.45) is 4.79. The Hall–Kier alpha value is -1.68. The van der Waals surface area contributed by atoms with E-state index in [0.717, 1.165) is 36.7 Å². The molecule has 106 valence electrons. The lowest BCUT2D eigenvalue weighted by Crippen LogP contribution is -2.30. The Bertz CT molecular complexity index is 564. The van der Waals surface area contributed by atoms with Crippen molar-refractivity contribution in [3.63, 3.8) is 0 Å². The highest BCUT2D eigenvalue weighted by Gasteiger charge is 2.23. The second-order valence-corrected chi connectivity index (χ2v) is 5.57. The van der Waals surface area contributed by atoms with Crippen molar-refractivity contribution in [3.8, 4) is 0 Å². The van der Waals surface area contributed by atoms with Gasteiger partial charge in [0.1, 0.15) is 11.6 Å². The molecule has 0 bridgehead atoms. The molecule has 4 heteroatoms. The molecule has 0 saturated carbocycles. The van der Waals surface area contributed by atoms with E-state index in [4.69, 9.17) is 4.42 Å². The first-order chi connectivity index (χ1) is 9.70. The topological polar surface area (TPSA) is 29.3 Å². The van der Waals surface area contributed by atoms with E-state index >= 15 is 0 Å². The average Bonchev–Trinajstić information content (AvgIpc) is 2.90. The van der Waals surface area contributed by atoms with Gasteiger partial charge in [0.15, 0.2) is 5.89 Å². The summed E-state index contributed by atoms with van der Waals surface area (Å²) in [7, 11) is 2.13. The molecule has 1 aromatic carbocycles. The van der Waals surface area contributed by atoms with Gasteiger partial charge in [0.05, 0.1) is 6.20 Å². The molecule has 1 fully saturated rings. The van der Waals surface area contributed by atoms with E-state index < -0.39 is 0 Å². The van der Waals surface area contributed by atoms with Gasteiger partial charge in [-0.25, -0.2) is 9.37 Å². The number of likely N-dealkylation sites (tertiary alicyclic amines) is 1. The molecule has 0 N–H and O–H groups in total. The molecule has 1 unspecified atom stereocenters. The Kier molecular flexibility index (Phi) is 3.83. The largest absolute Gasteiger partial charge is 0.445 e. The van der Waals surface area contributed by atoms with Gasteiger partial charge in [0.25, 0.3) is 0 Å². The number of oxazole rings is 1. The van der Waals surface area contributed by atoms with E-state index in [1.807, 2.05) is 0 Å². The SMILES string of the molecule is CN1CCCC(c2ncc(Cc3ccc(F)cc3)o2)C1. The molecule has 3 nitrogen and oxygen atoms in total. The first-order valence-electron chi connectivity index (χ1n) is 7.08. The predicted octanol–water partition coefficient (Wildman–Crippen LogP) is 3.21. The maximum Gasteiger partial charge on any atom is 0.198 e. The highest BCUT2D eigenvalue weighted by Crippen LogP contribution is 2.26. The highest BCUT2D eigenvalue weighted by atomic mass is 19.1. The lowest BCUT2D eigenvalue weighted by molar-refractivity contribution is 0.228. The van der Waals surface area contributed by atoms with E-state index in [-0.39, 0.29) is 5.82 Å². The molecule has 1 aliphatic rings. The summed E-state index contributed by atoms with van der Waals surface area (Å²) in [5.74, 6) is 1.88. The molecule has 1 saturated heterocycles. The Morgan fingerprint density at radius 2 is 2.15 bits per heavy atom. The normalized spacial score (nSPS) is 20.2. The summed E-state index contributed by atoms with van der Waals surface area (Å²) in [5.41, 5.74) is 1.04. The van der Waals surface area contributed by atoms with Crippen LogP contribution in [0, 0.1) is 5.82 Å². The van der Waals surface area contributed by atoms with Crippen molar-refractivity contribution >= 4 is 0 Å². The van der Waals surface area contributed by atoms with E-state index in [1.165, 1.54) is 18.6 Å². The quantitative estimate of drug-likeness (QED) is 0.860. The lowest BCUT2D eigenvalue weighted by atomic mass is 9.99. The van der Waals surface area contributed by atoms with Crippen molar-refractivity contribution in [3.05, 3.63) is 53.5 Å². The third-order valence-corrected chi connectivity index (χ3v) is 3.84. The molecule has 0 spiro atoms. The molecular weight excluding hydrogens is 255 g/mol. The molecule has 20 heavy (non-hydrogen) atoms. The van der Waals surface area contributed by atoms with E-state index in [0.29, 0.717) is 12.3 Å². The second-order valence-electron chi connectivity index (χ2n) is 5.57. The summed E-state index contributed by atoms with van der Waals surface area (Å²) in [4.78, 5) is 6.74. The van der Waals surface area contributed by atoms with Gasteiger partial charge < -0.3 is 9.32 Å². The minimum Gasteiger partial charge on any atom is -0.445 e. The number of halogens is 1. The van der Waals surface area contributed by atoms with Crippen LogP contribution in [0.2, 0.25) is 0 Å². The van der Waals surface area contributed by atoms with Crippen molar-refractivity contribution in [2.24, 2.45) is 0 Å². The van der Waals surface area contributed by atoms with Crippen molar-refractivity contribution in [1.29, 1.82) is 0 Å². The van der Waals surface area contributed by atoms with Crippen LogP contribution in [-0.4, -0.2) is 30.0 Å². The molecule has 0 radical (unpaired) electrons. The number of benzene rings is 1. The smallest absolute Gasteiger partial charge is 0.198 e. The molecule has 2 heterocycles. The number of aromatic nitrogens is 1. The van der Waals surface area contributed by atoms with Crippen molar-refractivity contribution in [2.75, 3.05) is 20.1 Å². The number of nitrogens with zero attached hydrogens (tertiary/aromatic N) is 2. The zero-order valence-corrected chi connectivity index (χ0v) is 11.7. The third-order valence-electron chi connectivity index (χ3n) is 3.84. The van der Waals surface area contributed by atoms with E-state index in [9.17, 15) is 4.39 Å². The van der Waals surface area contributed by atoms with Crippen LogP contribution in [-0.2, 0) is 6.42 Å². The van der Waals surface area contributed by atoms with Crippen LogP contribution in [0.15, 0.2) is 34.9 Å². The summed E-state index contributed by atoms with van der Waals surface area (Å²) in [6, 6.07) is 6.52. The number of hydrogen-bond donors (Lipinski definition) is 0. The van der Waals surface area contributed by atoms with Crippen LogP contribution in [0.25, 0.3) is 0 Å². The number of rotatable bonds is 3. The molecule has 2 aromatic rings. The predicted molar refractivity (Wildman–Crippen MR) is 75.2 cm³/mol. The van der Waals surface area contributed by atoms with E-state index in [1.54, 1.807) is 18.3 Å². The summed E-state index contributed by atoms with van der Waals surface area (Å²) in [5, 5.41) is 0. The second kappa shape index (κ2) is 5.75. The number of piperidine rings is 1. The minimum absolute atomic E-state index is 0.211. The zero-order chi connectivity index (χ0) is 13.9. The van der Waals surface area contributed by atoms with Gasteiger partial charge in [-0.2, -0.15) is 0 Å². The number of hydrogen-bond acceptors (Lipinski definition) is 3. The van der Waals surface area contributed by atoms with Crippen molar-refractivity contribution in [1.82, 2.24) is 9.88 Å². The Morgan fingerprint density at radius 1 is 1.35 bits per heavy atom. The monoisotopic (exact) mass is 274 g/mol. The van der Waals surface area contributed by atoms with Gasteiger partial charge in [-0.3, -0.25) is 0 Å². The average molecular weight is 274 g/mol. The zero-order valence-electron chi connectivity index (χ0n) is 11.7. The van der Waals surface area contributed by atoms with Gasteiger partial charge >= 0.3 is 0 Å². The summed E-state index contributed by atoms with van der Waals surface area (Å²) >= 11 is 0. The van der Waals surface area contributed by atoms with Crippen molar-refractivity contribution < 1.29 is 8.81 Å². The van der Waals surface area contributed by atoms with Gasteiger partial charge in [-0.1, -0.05) is 12.1 Å². The summed E-state index contributed by atoms with van der Waals surface area (Å²) in [6.45, 7) is 2.16. The molecular formula is C16H19FN2O. The molecule has 0 aliphatic carbocycles. The summed E-state index contributed by atoms with van der Waals surface area (Å²) < 4.78 is 18.7. The molecule has 0 amide bonds. The molecule has 1 aliphatic heterocycles. The van der Waals surface area contributed by atoms with Crippen LogP contribution in [0.5, 0.6) is 0 Å². The molecule has 1 atom stereocenters. The molecule has 1 aromatic heterocycles. The minimum atomic E-state index is -0.211. The van der Waals surface area contributed by atoms with Crippen molar-refractivity contribution in [2.45, 2.75) is 25.2 Å². The first kappa shape index (κ1) is 13.3. The maximum atomic E-state index is 12.9. The van der Waals surface area contributed by atoms with Gasteiger partial charge in [0.2, 0.25) is 0 Å². The van der Waals surface area contributed by atoms with Gasteiger partial charge in [0, 0.05) is 18.9 Å². The van der Waals surface area contributed by atoms with Crippen LogP contribution in [0.4, 0.5) is 4.39 Å². The van der Waals surface area contributed by atoms with Crippen LogP contribution >= 0.6 is 0 Å². The Balaban J connectivity index is 1.68. The van der Waals surface area contributed by atoms with Gasteiger partial charge in [-0.05, 0) is 44.1 Å². The van der Waals surface area contributed by atoms with Gasteiger partial charge in [-0.15, -0.1) is 0 Å². The van der Waals surface area contributed by atoms with Crippen LogP contribution in [0.1, 0.15) is 36.0 Å². The Labute approximate surface area is 118 Å². The van der Waals surface area contributed by atoms with E-state index in [2.05, 4.69) is 16.9 Å². The van der Waals surface area contributed by atoms with Crippen LogP contribution in [0.3, 0.4) is 0 Å². The fraction of sp³-hybridized carbons (Fsp3) is 0.438. The lowest BCUT2D eigenvalue weighted by Gasteiger charge is -2.27. The fourth-order valence-electron chi connectivity index (χ4n) is 2.76. The third kappa shape index (κ3) is 3.07. The number of likely N-dealkylation sites (N-methyl/N-ethyl adjacent to an activating group) is 1. The van der Waals surface area contributed by atoms with Crippen LogP contribution < -0.4 is 0 Å². The maximum absolute atomic E-state index is 12.9. The first-order valence-corrected chi connectivity index (χ1v) is 7.08. The standard InChI is InChI=1S/C16H19FN2O/c1-19-8-2-3-13(11-19)16-18-10-15(20-16)9-12-4-6-14(17)7-5-12/h4-7,10,13H,2-3,8-9,11H2,1H3. The highest BCUT2D eigenvalue weighted by molar-refractivity contribution is 5.20. The molecule has 3 rings (SSSR count).